The average Bonchev–Trinajstić information content (AvgIpc) is 2.53. The van der Waals surface area contributed by atoms with Gasteiger partial charge < -0.3 is 20.7 Å². The van der Waals surface area contributed by atoms with E-state index in [1.54, 1.807) is 39.0 Å². The van der Waals surface area contributed by atoms with Gasteiger partial charge in [-0.25, -0.2) is 4.79 Å². The number of halogens is 1. The molecular weight excluding hydrogens is 402 g/mol. The lowest BCUT2D eigenvalue weighted by Gasteiger charge is -2.19. The molecule has 26 heavy (non-hydrogen) atoms. The molecule has 0 unspecified atom stereocenters. The molecule has 0 fully saturated rings. The molecule has 1 aromatic rings. The van der Waals surface area contributed by atoms with Crippen molar-refractivity contribution in [2.45, 2.75) is 39.2 Å². The molecule has 1 rings (SSSR count). The van der Waals surface area contributed by atoms with Gasteiger partial charge >= 0.3 is 6.09 Å². The van der Waals surface area contributed by atoms with Crippen molar-refractivity contribution in [1.29, 1.82) is 0 Å². The lowest BCUT2D eigenvalue weighted by atomic mass is 10.2. The Labute approximate surface area is 162 Å². The summed E-state index contributed by atoms with van der Waals surface area (Å²) >= 11 is 3.33. The first-order chi connectivity index (χ1) is 12.2. The number of hydrogen-bond donors (Lipinski definition) is 3. The van der Waals surface area contributed by atoms with Gasteiger partial charge in [-0.1, -0.05) is 12.1 Å². The molecule has 7 nitrogen and oxygen atoms in total. The van der Waals surface area contributed by atoms with Gasteiger partial charge in [0.2, 0.25) is 5.91 Å². The van der Waals surface area contributed by atoms with Crippen LogP contribution in [0.25, 0.3) is 0 Å². The second kappa shape index (κ2) is 10.8. The Kier molecular flexibility index (Phi) is 9.12. The zero-order valence-electron chi connectivity index (χ0n) is 15.4. The van der Waals surface area contributed by atoms with Crippen LogP contribution in [0.1, 0.15) is 44.0 Å². The average molecular weight is 428 g/mol. The van der Waals surface area contributed by atoms with E-state index in [-0.39, 0.29) is 24.8 Å². The Morgan fingerprint density at radius 1 is 1.00 bits per heavy atom. The van der Waals surface area contributed by atoms with Crippen molar-refractivity contribution >= 4 is 33.8 Å². The lowest BCUT2D eigenvalue weighted by molar-refractivity contribution is -0.120. The summed E-state index contributed by atoms with van der Waals surface area (Å²) < 4.78 is 5.81. The zero-order valence-corrected chi connectivity index (χ0v) is 16.9. The summed E-state index contributed by atoms with van der Waals surface area (Å²) in [6.45, 7) is 6.43. The molecule has 8 heteroatoms. The minimum atomic E-state index is -0.563. The minimum absolute atomic E-state index is 0.162. The zero-order chi connectivity index (χ0) is 19.6. The Morgan fingerprint density at radius 3 is 2.31 bits per heavy atom. The molecule has 3 amide bonds. The molecule has 0 atom stereocenters. The third-order valence-electron chi connectivity index (χ3n) is 3.10. The van der Waals surface area contributed by atoms with E-state index in [0.717, 1.165) is 4.47 Å². The van der Waals surface area contributed by atoms with E-state index in [9.17, 15) is 14.4 Å². The van der Waals surface area contributed by atoms with Gasteiger partial charge in [-0.15, -0.1) is 0 Å². The third-order valence-corrected chi connectivity index (χ3v) is 3.79. The van der Waals surface area contributed by atoms with E-state index in [1.165, 1.54) is 0 Å². The Morgan fingerprint density at radius 2 is 1.65 bits per heavy atom. The normalized spacial score (nSPS) is 10.8. The van der Waals surface area contributed by atoms with E-state index >= 15 is 0 Å². The molecule has 0 aliphatic carbocycles. The monoisotopic (exact) mass is 427 g/mol. The van der Waals surface area contributed by atoms with Crippen LogP contribution in [0.5, 0.6) is 0 Å². The lowest BCUT2D eigenvalue weighted by Crippen LogP contribution is -2.35. The molecule has 0 heterocycles. The first-order valence-corrected chi connectivity index (χ1v) is 9.24. The smallest absolute Gasteiger partial charge is 0.407 e. The number of rotatable bonds is 8. The van der Waals surface area contributed by atoms with Gasteiger partial charge in [-0.3, -0.25) is 9.59 Å². The Balaban J connectivity index is 2.11. The number of nitrogens with one attached hydrogen (secondary N) is 3. The molecule has 0 saturated heterocycles. The maximum atomic E-state index is 12.0. The summed E-state index contributed by atoms with van der Waals surface area (Å²) in [6.07, 6.45) is 0.240. The summed E-state index contributed by atoms with van der Waals surface area (Å²) in [5, 5.41) is 8.06. The number of carbonyl (C=O) groups is 3. The molecule has 0 aliphatic rings. The van der Waals surface area contributed by atoms with Crippen molar-refractivity contribution in [2.75, 3.05) is 19.6 Å². The fourth-order valence-electron chi connectivity index (χ4n) is 1.94. The van der Waals surface area contributed by atoms with Crippen LogP contribution in [-0.4, -0.2) is 43.1 Å². The van der Waals surface area contributed by atoms with E-state index in [0.29, 0.717) is 25.1 Å². The molecule has 0 radical (unpaired) electrons. The van der Waals surface area contributed by atoms with Gasteiger partial charge in [0.25, 0.3) is 5.91 Å². The maximum Gasteiger partial charge on any atom is 0.407 e. The molecular formula is C18H26BrN3O4. The van der Waals surface area contributed by atoms with Crippen LogP contribution in [0.3, 0.4) is 0 Å². The molecule has 0 aliphatic heterocycles. The van der Waals surface area contributed by atoms with Crippen molar-refractivity contribution < 1.29 is 19.1 Å². The van der Waals surface area contributed by atoms with Crippen LogP contribution in [0, 0.1) is 0 Å². The standard InChI is InChI=1S/C18H26BrN3O4/c1-18(2,3)26-17(25)22-12-9-15(23)20-10-6-11-21-16(24)13-7-4-5-8-14(13)19/h4-5,7-8H,6,9-12H2,1-3H3,(H,20,23)(H,21,24)(H,22,25). The van der Waals surface area contributed by atoms with Gasteiger partial charge in [0.05, 0.1) is 5.56 Å². The fraction of sp³-hybridized carbons (Fsp3) is 0.500. The summed E-state index contributed by atoms with van der Waals surface area (Å²) in [7, 11) is 0. The summed E-state index contributed by atoms with van der Waals surface area (Å²) in [5.41, 5.74) is 0.0105. The second-order valence-electron chi connectivity index (χ2n) is 6.62. The minimum Gasteiger partial charge on any atom is -0.444 e. The predicted octanol–water partition coefficient (Wildman–Crippen LogP) is 2.60. The number of alkyl carbamates (subject to hydrolysis) is 1. The van der Waals surface area contributed by atoms with E-state index in [2.05, 4.69) is 31.9 Å². The summed E-state index contributed by atoms with van der Waals surface area (Å²) in [5.74, 6) is -0.330. The number of amides is 3. The molecule has 0 saturated carbocycles. The molecule has 0 spiro atoms. The number of hydrogen-bond acceptors (Lipinski definition) is 4. The highest BCUT2D eigenvalue weighted by Crippen LogP contribution is 2.15. The topological polar surface area (TPSA) is 96.5 Å². The second-order valence-corrected chi connectivity index (χ2v) is 7.47. The molecule has 3 N–H and O–H groups in total. The number of ether oxygens (including phenoxy) is 1. The third kappa shape index (κ3) is 9.41. The van der Waals surface area contributed by atoms with Gasteiger partial charge in [0.1, 0.15) is 5.60 Å². The molecule has 144 valence electrons. The quantitative estimate of drug-likeness (QED) is 0.555. The Hall–Kier alpha value is -2.09. The van der Waals surface area contributed by atoms with Gasteiger partial charge in [0, 0.05) is 30.5 Å². The molecule has 0 aromatic heterocycles. The van der Waals surface area contributed by atoms with Crippen molar-refractivity contribution in [3.63, 3.8) is 0 Å². The van der Waals surface area contributed by atoms with Crippen molar-refractivity contribution in [2.24, 2.45) is 0 Å². The van der Waals surface area contributed by atoms with Crippen LogP contribution in [0.15, 0.2) is 28.7 Å². The first kappa shape index (κ1) is 22.0. The SMILES string of the molecule is CC(C)(C)OC(=O)NCCC(=O)NCCCNC(=O)c1ccccc1Br. The van der Waals surface area contributed by atoms with Crippen LogP contribution in [0.2, 0.25) is 0 Å². The highest BCUT2D eigenvalue weighted by molar-refractivity contribution is 9.10. The van der Waals surface area contributed by atoms with Crippen molar-refractivity contribution in [3.05, 3.63) is 34.3 Å². The maximum absolute atomic E-state index is 12.0. The van der Waals surface area contributed by atoms with Crippen LogP contribution < -0.4 is 16.0 Å². The van der Waals surface area contributed by atoms with E-state index in [4.69, 9.17) is 4.74 Å². The first-order valence-electron chi connectivity index (χ1n) is 8.45. The largest absolute Gasteiger partial charge is 0.444 e. The molecule has 1 aromatic carbocycles. The van der Waals surface area contributed by atoms with Crippen molar-refractivity contribution in [3.8, 4) is 0 Å². The van der Waals surface area contributed by atoms with Gasteiger partial charge in [0.15, 0.2) is 0 Å². The van der Waals surface area contributed by atoms with Crippen LogP contribution in [-0.2, 0) is 9.53 Å². The van der Waals surface area contributed by atoms with Crippen LogP contribution in [0.4, 0.5) is 4.79 Å². The number of carbonyl (C=O) groups excluding carboxylic acids is 3. The Bertz CT molecular complexity index is 629. The molecule has 0 bridgehead atoms. The summed E-state index contributed by atoms with van der Waals surface area (Å²) in [4.78, 5) is 35.1. The highest BCUT2D eigenvalue weighted by Gasteiger charge is 2.15. The van der Waals surface area contributed by atoms with E-state index < -0.39 is 11.7 Å². The predicted molar refractivity (Wildman–Crippen MR) is 103 cm³/mol. The van der Waals surface area contributed by atoms with Crippen molar-refractivity contribution in [1.82, 2.24) is 16.0 Å². The van der Waals surface area contributed by atoms with Gasteiger partial charge in [-0.2, -0.15) is 0 Å². The van der Waals surface area contributed by atoms with Gasteiger partial charge in [-0.05, 0) is 55.3 Å². The summed E-state index contributed by atoms with van der Waals surface area (Å²) in [6, 6.07) is 7.18. The fourth-order valence-corrected chi connectivity index (χ4v) is 2.40. The number of benzene rings is 1. The van der Waals surface area contributed by atoms with E-state index in [1.807, 2.05) is 6.07 Å². The highest BCUT2D eigenvalue weighted by atomic mass is 79.9. The van der Waals surface area contributed by atoms with Crippen LogP contribution >= 0.6 is 15.9 Å².